The van der Waals surface area contributed by atoms with Crippen molar-refractivity contribution in [3.8, 4) is 0 Å². The van der Waals surface area contributed by atoms with E-state index in [1.807, 2.05) is 0 Å². The van der Waals surface area contributed by atoms with E-state index < -0.39 is 83.6 Å². The van der Waals surface area contributed by atoms with Gasteiger partial charge in [-0.05, 0) is 13.1 Å². The molecule has 1 rings (SSSR count). The Morgan fingerprint density at radius 2 is 0.512 bits per heavy atom. The molecule has 0 aromatic rings. The van der Waals surface area contributed by atoms with E-state index in [0.717, 1.165) is 13.1 Å². The van der Waals surface area contributed by atoms with Crippen molar-refractivity contribution >= 4 is 46.9 Å². The SMILES string of the molecule is CCNCC.O=P(O)(O)O[C@H]1[C@H](OP(=O)(O)O)[C@@H](OP(=O)(O)O)[C@H](OP(=O)(O)O)[C@@H](OP(=O)(O)O)[C@H]1OP(=O)(O)O. The van der Waals surface area contributed by atoms with Crippen LogP contribution in [0.4, 0.5) is 0 Å². The first-order chi connectivity index (χ1) is 18.0. The molecule has 0 unspecified atom stereocenters. The van der Waals surface area contributed by atoms with Crippen molar-refractivity contribution < 1.29 is 113 Å². The zero-order valence-electron chi connectivity index (χ0n) is 20.3. The summed E-state index contributed by atoms with van der Waals surface area (Å²) in [6.45, 7) is 6.39. The Morgan fingerprint density at radius 3 is 0.561 bits per heavy atom. The van der Waals surface area contributed by atoms with Crippen molar-refractivity contribution in [2.45, 2.75) is 50.5 Å². The van der Waals surface area contributed by atoms with Gasteiger partial charge in [0.05, 0.1) is 0 Å². The molecular weight excluding hydrogens is 704 g/mol. The van der Waals surface area contributed by atoms with Gasteiger partial charge in [0.2, 0.25) is 0 Å². The lowest BCUT2D eigenvalue weighted by Crippen LogP contribution is -2.66. The molecule has 25 nitrogen and oxygen atoms in total. The Morgan fingerprint density at radius 1 is 0.390 bits per heavy atom. The molecule has 0 aromatic carbocycles. The summed E-state index contributed by atoms with van der Waals surface area (Å²) >= 11 is 0. The Bertz CT molecular complexity index is 879. The van der Waals surface area contributed by atoms with Crippen molar-refractivity contribution in [1.82, 2.24) is 5.32 Å². The van der Waals surface area contributed by atoms with Crippen molar-refractivity contribution in [3.05, 3.63) is 0 Å². The average molecular weight is 733 g/mol. The van der Waals surface area contributed by atoms with Crippen LogP contribution in [0.2, 0.25) is 0 Å². The van der Waals surface area contributed by atoms with E-state index in [9.17, 15) is 27.4 Å². The average Bonchev–Trinajstić information content (AvgIpc) is 2.66. The highest BCUT2D eigenvalue weighted by molar-refractivity contribution is 7.47. The van der Waals surface area contributed by atoms with E-state index in [-0.39, 0.29) is 0 Å². The summed E-state index contributed by atoms with van der Waals surface area (Å²) in [7, 11) is -36.1. The van der Waals surface area contributed by atoms with Gasteiger partial charge in [-0.1, -0.05) is 13.8 Å². The van der Waals surface area contributed by atoms with Crippen LogP contribution in [-0.2, 0) is 54.5 Å². The molecule has 0 amide bonds. The number of rotatable bonds is 14. The third kappa shape index (κ3) is 18.9. The zero-order chi connectivity index (χ0) is 32.8. The van der Waals surface area contributed by atoms with Crippen molar-refractivity contribution in [1.29, 1.82) is 0 Å². The van der Waals surface area contributed by atoms with Gasteiger partial charge in [-0.2, -0.15) is 0 Å². The third-order valence-electron chi connectivity index (χ3n) is 4.00. The first-order valence-electron chi connectivity index (χ1n) is 10.1. The van der Waals surface area contributed by atoms with Crippen LogP contribution < -0.4 is 5.32 Å². The number of hydrogen-bond acceptors (Lipinski definition) is 13. The van der Waals surface area contributed by atoms with Gasteiger partial charge in [0.15, 0.2) is 0 Å². The lowest BCUT2D eigenvalue weighted by Gasteiger charge is -2.48. The van der Waals surface area contributed by atoms with Gasteiger partial charge in [0.1, 0.15) is 36.6 Å². The van der Waals surface area contributed by atoms with Crippen LogP contribution in [0.1, 0.15) is 13.8 Å². The van der Waals surface area contributed by atoms with E-state index in [1.165, 1.54) is 0 Å². The summed E-state index contributed by atoms with van der Waals surface area (Å²) in [5.74, 6) is 0. The van der Waals surface area contributed by atoms with Crippen LogP contribution in [-0.4, -0.2) is 108 Å². The molecule has 0 aromatic heterocycles. The van der Waals surface area contributed by atoms with Gasteiger partial charge in [0.25, 0.3) is 0 Å². The summed E-state index contributed by atoms with van der Waals surface area (Å²) < 4.78 is 93.1. The topological polar surface area (TPSA) is 413 Å². The largest absolute Gasteiger partial charge is 0.470 e. The first kappa shape index (κ1) is 41.6. The van der Waals surface area contributed by atoms with E-state index in [0.29, 0.717) is 0 Å². The molecule has 248 valence electrons. The van der Waals surface area contributed by atoms with Gasteiger partial charge < -0.3 is 64.0 Å². The summed E-state index contributed by atoms with van der Waals surface area (Å²) in [6, 6.07) is 0. The monoisotopic (exact) mass is 733 g/mol. The Hall–Kier alpha value is 0.620. The number of nitrogens with one attached hydrogen (secondary N) is 1. The van der Waals surface area contributed by atoms with Crippen LogP contribution in [0.5, 0.6) is 0 Å². The predicted octanol–water partition coefficient (Wildman–Crippen LogP) is -2.52. The molecule has 0 radical (unpaired) electrons. The number of phosphoric acid groups is 6. The minimum Gasteiger partial charge on any atom is -0.317 e. The maximum absolute atomic E-state index is 11.4. The normalized spacial score (nSPS) is 26.8. The summed E-state index contributed by atoms with van der Waals surface area (Å²) in [6.07, 6.45) is -18.9. The van der Waals surface area contributed by atoms with E-state index in [4.69, 9.17) is 58.7 Å². The van der Waals surface area contributed by atoms with Crippen molar-refractivity contribution in [2.75, 3.05) is 13.1 Å². The lowest BCUT2D eigenvalue weighted by atomic mass is 9.85. The van der Waals surface area contributed by atoms with Gasteiger partial charge in [-0.3, -0.25) is 27.1 Å². The first-order valence-corrected chi connectivity index (χ1v) is 19.3. The highest BCUT2D eigenvalue weighted by atomic mass is 31.2. The second kappa shape index (κ2) is 15.8. The molecule has 0 saturated heterocycles. The lowest BCUT2D eigenvalue weighted by molar-refractivity contribution is -0.202. The quantitative estimate of drug-likeness (QED) is 0.0819. The molecule has 41 heavy (non-hydrogen) atoms. The molecule has 31 heteroatoms. The Kier molecular flexibility index (Phi) is 16.0. The summed E-state index contributed by atoms with van der Waals surface area (Å²) in [4.78, 5) is 110. The molecular formula is C10H29NO24P6. The van der Waals surface area contributed by atoms with Gasteiger partial charge >= 0.3 is 46.9 Å². The minimum absolute atomic E-state index is 1.09. The molecule has 1 saturated carbocycles. The van der Waals surface area contributed by atoms with Crippen LogP contribution in [0.25, 0.3) is 0 Å². The number of phosphoric ester groups is 6. The molecule has 0 heterocycles. The maximum atomic E-state index is 11.4. The Balaban J connectivity index is 0.00000292. The van der Waals surface area contributed by atoms with Crippen LogP contribution in [0.3, 0.4) is 0 Å². The standard InChI is InChI=1S/C6H18O24P6.C4H11N/c7-31(8,9)25-1-2(26-32(10,11)12)4(28-34(16,17)18)6(30-36(22,23)24)5(29-35(19,20)21)3(1)27-33(13,14)15;1-3-5-4-2/h1-6H,(H2,7,8,9)(H2,10,11,12)(H2,13,14,15)(H2,16,17,18)(H2,19,20,21)(H2,22,23,24);5H,3-4H2,1-2H3/t1-,2-,3-,4+,5-,6-;. The molecule has 1 fully saturated rings. The smallest absolute Gasteiger partial charge is 0.317 e. The molecule has 0 atom stereocenters. The summed E-state index contributed by atoms with van der Waals surface area (Å²) in [5, 5.41) is 3.11. The second-order valence-electron chi connectivity index (χ2n) is 7.32. The molecule has 1 aliphatic rings. The van der Waals surface area contributed by atoms with E-state index in [2.05, 4.69) is 46.3 Å². The predicted molar refractivity (Wildman–Crippen MR) is 126 cm³/mol. The van der Waals surface area contributed by atoms with Crippen LogP contribution in [0, 0.1) is 0 Å². The van der Waals surface area contributed by atoms with Crippen molar-refractivity contribution in [3.63, 3.8) is 0 Å². The Labute approximate surface area is 229 Å². The second-order valence-corrected chi connectivity index (χ2v) is 14.5. The molecule has 0 bridgehead atoms. The van der Waals surface area contributed by atoms with Gasteiger partial charge in [-0.15, -0.1) is 0 Å². The van der Waals surface area contributed by atoms with E-state index in [1.54, 1.807) is 0 Å². The van der Waals surface area contributed by atoms with Gasteiger partial charge in [-0.25, -0.2) is 27.4 Å². The fourth-order valence-corrected chi connectivity index (χ4v) is 6.39. The minimum atomic E-state index is -6.02. The van der Waals surface area contributed by atoms with Crippen LogP contribution >= 0.6 is 46.9 Å². The summed E-state index contributed by atoms with van der Waals surface area (Å²) in [5.41, 5.74) is 0. The van der Waals surface area contributed by atoms with Gasteiger partial charge in [0, 0.05) is 0 Å². The van der Waals surface area contributed by atoms with Crippen LogP contribution in [0.15, 0.2) is 0 Å². The third-order valence-corrected chi connectivity index (χ3v) is 7.11. The molecule has 0 spiro atoms. The fourth-order valence-electron chi connectivity index (χ4n) is 3.04. The maximum Gasteiger partial charge on any atom is 0.470 e. The molecule has 0 aliphatic heterocycles. The fraction of sp³-hybridized carbons (Fsp3) is 1.00. The molecule has 13 N–H and O–H groups in total. The van der Waals surface area contributed by atoms with Crippen molar-refractivity contribution in [2.24, 2.45) is 0 Å². The molecule has 1 aliphatic carbocycles. The highest BCUT2D eigenvalue weighted by Gasteiger charge is 2.62. The van der Waals surface area contributed by atoms with E-state index >= 15 is 0 Å². The zero-order valence-corrected chi connectivity index (χ0v) is 25.7. The highest BCUT2D eigenvalue weighted by Crippen LogP contribution is 2.57. The number of hydrogen-bond donors (Lipinski definition) is 13.